The number of para-hydroxylation sites is 2. The van der Waals surface area contributed by atoms with Crippen LogP contribution >= 0.6 is 11.8 Å². The quantitative estimate of drug-likeness (QED) is 0.829. The minimum atomic E-state index is -0.538. The molecule has 2 aromatic carbocycles. The molecule has 2 unspecified atom stereocenters. The maximum Gasteiger partial charge on any atom is 0.209 e. The summed E-state index contributed by atoms with van der Waals surface area (Å²) in [5.41, 5.74) is 2.06. The predicted octanol–water partition coefficient (Wildman–Crippen LogP) is 3.49. The van der Waals surface area contributed by atoms with E-state index < -0.39 is 6.10 Å². The number of halogens is 1. The molecule has 2 heterocycles. The van der Waals surface area contributed by atoms with Crippen LogP contribution in [0.3, 0.4) is 0 Å². The lowest BCUT2D eigenvalue weighted by atomic mass is 10.1. The van der Waals surface area contributed by atoms with Crippen LogP contribution in [0.2, 0.25) is 0 Å². The molecule has 0 aliphatic carbocycles. The standard InChI is InChI=1S/C21H21FN2O3S/c1-26-18-8-3-2-7-16(18)24-17(20(25)19-12-23-9-10-27-19)13-28-21(24)14-5-4-6-15(22)11-14/h2-8,11,13,19,21,23H,9-10,12H2,1H3. The molecule has 146 valence electrons. The molecule has 2 atom stereocenters. The van der Waals surface area contributed by atoms with Crippen LogP contribution in [0.5, 0.6) is 5.75 Å². The lowest BCUT2D eigenvalue weighted by Gasteiger charge is -2.32. The van der Waals surface area contributed by atoms with Gasteiger partial charge in [0.05, 0.1) is 25.1 Å². The van der Waals surface area contributed by atoms with Crippen molar-refractivity contribution in [3.8, 4) is 5.75 Å². The number of carbonyl (C=O) groups excluding carboxylic acids is 1. The van der Waals surface area contributed by atoms with Gasteiger partial charge in [0.15, 0.2) is 0 Å². The zero-order valence-corrected chi connectivity index (χ0v) is 16.2. The third-order valence-corrected chi connectivity index (χ3v) is 5.85. The van der Waals surface area contributed by atoms with Crippen LogP contribution in [0, 0.1) is 5.82 Å². The molecule has 1 saturated heterocycles. The molecule has 1 fully saturated rings. The molecule has 0 bridgehead atoms. The Hall–Kier alpha value is -2.35. The minimum Gasteiger partial charge on any atom is -0.495 e. The van der Waals surface area contributed by atoms with Crippen LogP contribution in [-0.2, 0) is 9.53 Å². The second-order valence-corrected chi connectivity index (χ2v) is 7.47. The molecule has 1 N–H and O–H groups in total. The van der Waals surface area contributed by atoms with E-state index in [1.807, 2.05) is 40.6 Å². The molecule has 0 radical (unpaired) electrons. The summed E-state index contributed by atoms with van der Waals surface area (Å²) < 4.78 is 25.1. The Balaban J connectivity index is 1.74. The van der Waals surface area contributed by atoms with Gasteiger partial charge in [-0.05, 0) is 29.8 Å². The molecule has 4 rings (SSSR count). The van der Waals surface area contributed by atoms with Crippen molar-refractivity contribution in [2.45, 2.75) is 11.5 Å². The van der Waals surface area contributed by atoms with Crippen molar-refractivity contribution < 1.29 is 18.7 Å². The Labute approximate surface area is 167 Å². The van der Waals surface area contributed by atoms with Crippen molar-refractivity contribution in [2.75, 3.05) is 31.7 Å². The highest BCUT2D eigenvalue weighted by molar-refractivity contribution is 8.02. The summed E-state index contributed by atoms with van der Waals surface area (Å²) in [5.74, 6) is 0.245. The molecular formula is C21H21FN2O3S. The number of carbonyl (C=O) groups is 1. The number of ether oxygens (including phenoxy) is 2. The van der Waals surface area contributed by atoms with E-state index in [1.54, 1.807) is 13.2 Å². The summed E-state index contributed by atoms with van der Waals surface area (Å²) in [6, 6.07) is 14.0. The van der Waals surface area contributed by atoms with Crippen LogP contribution in [0.4, 0.5) is 10.1 Å². The smallest absolute Gasteiger partial charge is 0.209 e. The highest BCUT2D eigenvalue weighted by atomic mass is 32.2. The molecule has 5 nitrogen and oxygen atoms in total. The number of nitrogens with zero attached hydrogens (tertiary/aromatic N) is 1. The maximum absolute atomic E-state index is 13.9. The number of Topliss-reactive ketones (excluding diaryl/α,β-unsaturated/α-hetero) is 1. The molecular weight excluding hydrogens is 379 g/mol. The predicted molar refractivity (Wildman–Crippen MR) is 108 cm³/mol. The summed E-state index contributed by atoms with van der Waals surface area (Å²) in [6.45, 7) is 1.71. The Morgan fingerprint density at radius 1 is 1.29 bits per heavy atom. The third kappa shape index (κ3) is 3.65. The molecule has 2 aliphatic rings. The van der Waals surface area contributed by atoms with E-state index in [0.717, 1.165) is 17.8 Å². The SMILES string of the molecule is COc1ccccc1N1C(C(=O)C2CNCCO2)=CSC1c1cccc(F)c1. The van der Waals surface area contributed by atoms with E-state index in [0.29, 0.717) is 24.6 Å². The van der Waals surface area contributed by atoms with Gasteiger partial charge < -0.3 is 19.7 Å². The number of anilines is 1. The van der Waals surface area contributed by atoms with Gasteiger partial charge in [0.2, 0.25) is 5.78 Å². The van der Waals surface area contributed by atoms with Gasteiger partial charge in [-0.25, -0.2) is 4.39 Å². The summed E-state index contributed by atoms with van der Waals surface area (Å²) in [5, 5.41) is 4.75. The zero-order valence-electron chi connectivity index (χ0n) is 15.4. The average Bonchev–Trinajstić information content (AvgIpc) is 3.18. The van der Waals surface area contributed by atoms with Crippen LogP contribution in [-0.4, -0.2) is 38.7 Å². The highest BCUT2D eigenvalue weighted by Gasteiger charge is 2.38. The first-order valence-corrected chi connectivity index (χ1v) is 10.0. The zero-order chi connectivity index (χ0) is 19.5. The molecule has 7 heteroatoms. The number of hydrogen-bond acceptors (Lipinski definition) is 6. The fourth-order valence-corrected chi connectivity index (χ4v) is 4.56. The molecule has 2 aromatic rings. The van der Waals surface area contributed by atoms with Crippen molar-refractivity contribution in [1.82, 2.24) is 5.32 Å². The third-order valence-electron chi connectivity index (χ3n) is 4.75. The normalized spacial score (nSPS) is 22.1. The average molecular weight is 400 g/mol. The van der Waals surface area contributed by atoms with E-state index in [9.17, 15) is 9.18 Å². The Bertz CT molecular complexity index is 899. The van der Waals surface area contributed by atoms with E-state index in [2.05, 4.69) is 5.32 Å². The number of hydrogen-bond donors (Lipinski definition) is 1. The van der Waals surface area contributed by atoms with Crippen molar-refractivity contribution in [3.63, 3.8) is 0 Å². The van der Waals surface area contributed by atoms with Gasteiger partial charge in [-0.1, -0.05) is 24.3 Å². The summed E-state index contributed by atoms with van der Waals surface area (Å²) in [4.78, 5) is 15.1. The Morgan fingerprint density at radius 3 is 2.89 bits per heavy atom. The monoisotopic (exact) mass is 400 g/mol. The van der Waals surface area contributed by atoms with Crippen molar-refractivity contribution in [3.05, 3.63) is 71.0 Å². The van der Waals surface area contributed by atoms with Gasteiger partial charge in [0, 0.05) is 18.5 Å². The summed E-state index contributed by atoms with van der Waals surface area (Å²) in [6.07, 6.45) is -0.538. The number of nitrogens with one attached hydrogen (secondary N) is 1. The van der Waals surface area contributed by atoms with E-state index in [1.165, 1.54) is 23.9 Å². The minimum absolute atomic E-state index is 0.0930. The maximum atomic E-state index is 13.9. The van der Waals surface area contributed by atoms with Crippen LogP contribution in [0.25, 0.3) is 0 Å². The molecule has 0 amide bonds. The first kappa shape index (κ1) is 19.0. The van der Waals surface area contributed by atoms with Gasteiger partial charge in [-0.2, -0.15) is 0 Å². The molecule has 0 spiro atoms. The van der Waals surface area contributed by atoms with Crippen LogP contribution in [0.1, 0.15) is 10.9 Å². The first-order chi connectivity index (χ1) is 13.7. The van der Waals surface area contributed by atoms with Gasteiger partial charge in [-0.3, -0.25) is 4.79 Å². The largest absolute Gasteiger partial charge is 0.495 e. The number of rotatable bonds is 5. The number of thioether (sulfide) groups is 1. The number of morpholine rings is 1. The van der Waals surface area contributed by atoms with Crippen molar-refractivity contribution in [2.24, 2.45) is 0 Å². The fourth-order valence-electron chi connectivity index (χ4n) is 3.42. The second-order valence-electron chi connectivity index (χ2n) is 6.52. The van der Waals surface area contributed by atoms with Crippen molar-refractivity contribution in [1.29, 1.82) is 0 Å². The second kappa shape index (κ2) is 8.34. The van der Waals surface area contributed by atoms with Crippen LogP contribution in [0.15, 0.2) is 59.6 Å². The topological polar surface area (TPSA) is 50.8 Å². The van der Waals surface area contributed by atoms with Crippen molar-refractivity contribution >= 4 is 23.2 Å². The lowest BCUT2D eigenvalue weighted by Crippen LogP contribution is -2.45. The lowest BCUT2D eigenvalue weighted by molar-refractivity contribution is -0.128. The molecule has 0 aromatic heterocycles. The summed E-state index contributed by atoms with van der Waals surface area (Å²) in [7, 11) is 1.60. The van der Waals surface area contributed by atoms with Gasteiger partial charge in [0.1, 0.15) is 23.0 Å². The highest BCUT2D eigenvalue weighted by Crippen LogP contribution is 2.48. The number of methoxy groups -OCH3 is 1. The molecule has 0 saturated carbocycles. The van der Waals surface area contributed by atoms with Gasteiger partial charge in [-0.15, -0.1) is 11.8 Å². The van der Waals surface area contributed by atoms with Crippen LogP contribution < -0.4 is 15.0 Å². The molecule has 28 heavy (non-hydrogen) atoms. The Kier molecular flexibility index (Phi) is 5.66. The van der Waals surface area contributed by atoms with E-state index in [4.69, 9.17) is 9.47 Å². The van der Waals surface area contributed by atoms with Gasteiger partial charge >= 0.3 is 0 Å². The van der Waals surface area contributed by atoms with Gasteiger partial charge in [0.25, 0.3) is 0 Å². The van der Waals surface area contributed by atoms with E-state index >= 15 is 0 Å². The number of ketones is 1. The Morgan fingerprint density at radius 2 is 2.14 bits per heavy atom. The molecule has 2 aliphatic heterocycles. The number of benzene rings is 2. The summed E-state index contributed by atoms with van der Waals surface area (Å²) >= 11 is 1.47. The van der Waals surface area contributed by atoms with E-state index in [-0.39, 0.29) is 17.0 Å². The fraction of sp³-hybridized carbons (Fsp3) is 0.286. The first-order valence-electron chi connectivity index (χ1n) is 9.09.